The van der Waals surface area contributed by atoms with E-state index in [4.69, 9.17) is 10.5 Å². The van der Waals surface area contributed by atoms with Gasteiger partial charge in [0.15, 0.2) is 0 Å². The fourth-order valence-corrected chi connectivity index (χ4v) is 4.37. The number of hydrogen-bond acceptors (Lipinski definition) is 6. The molecule has 0 saturated carbocycles. The Morgan fingerprint density at radius 3 is 2.11 bits per heavy atom. The second-order valence-electron chi connectivity index (χ2n) is 8.63. The summed E-state index contributed by atoms with van der Waals surface area (Å²) in [7, 11) is 0. The summed E-state index contributed by atoms with van der Waals surface area (Å²) in [6.45, 7) is 0.930. The molecule has 0 spiro atoms. The zero-order valence-electron chi connectivity index (χ0n) is 19.7. The molecule has 0 saturated heterocycles. The molecule has 3 aromatic rings. The van der Waals surface area contributed by atoms with E-state index in [9.17, 15) is 19.7 Å². The molecule has 0 radical (unpaired) electrons. The molecule has 1 aliphatic rings. The number of nitro benzene ring substituents is 1. The summed E-state index contributed by atoms with van der Waals surface area (Å²) in [6.07, 6.45) is 0.278. The number of nitrogens with zero attached hydrogens (tertiary/aromatic N) is 1. The molecular weight excluding hydrogens is 460 g/mol. The molecule has 4 N–H and O–H groups in total. The summed E-state index contributed by atoms with van der Waals surface area (Å²) in [5.41, 5.74) is 11.3. The molecule has 36 heavy (non-hydrogen) atoms. The van der Waals surface area contributed by atoms with Crippen LogP contribution in [0.5, 0.6) is 0 Å². The third-order valence-electron chi connectivity index (χ3n) is 6.21. The van der Waals surface area contributed by atoms with Gasteiger partial charge in [-0.05, 0) is 40.7 Å². The lowest BCUT2D eigenvalue weighted by atomic mass is 9.98. The largest absolute Gasteiger partial charge is 0.449 e. The zero-order valence-corrected chi connectivity index (χ0v) is 19.7. The Kier molecular flexibility index (Phi) is 7.92. The topological polar surface area (TPSA) is 137 Å². The lowest BCUT2D eigenvalue weighted by Crippen LogP contribution is -2.42. The van der Waals surface area contributed by atoms with Crippen molar-refractivity contribution in [2.45, 2.75) is 24.8 Å². The van der Waals surface area contributed by atoms with Crippen molar-refractivity contribution in [3.8, 4) is 11.1 Å². The van der Waals surface area contributed by atoms with Gasteiger partial charge in [-0.2, -0.15) is 0 Å². The molecule has 0 fully saturated rings. The highest BCUT2D eigenvalue weighted by atomic mass is 16.6. The number of non-ortho nitro benzene ring substituents is 1. The van der Waals surface area contributed by atoms with Gasteiger partial charge in [0.05, 0.1) is 11.0 Å². The van der Waals surface area contributed by atoms with E-state index in [-0.39, 0.29) is 30.5 Å². The van der Waals surface area contributed by atoms with E-state index < -0.39 is 17.1 Å². The first-order valence-corrected chi connectivity index (χ1v) is 11.8. The highest BCUT2D eigenvalue weighted by molar-refractivity contribution is 5.82. The van der Waals surface area contributed by atoms with Crippen LogP contribution >= 0.6 is 0 Å². The molecule has 9 heteroatoms. The third kappa shape index (κ3) is 5.87. The van der Waals surface area contributed by atoms with E-state index in [0.29, 0.717) is 19.5 Å². The average molecular weight is 489 g/mol. The highest BCUT2D eigenvalue weighted by Crippen LogP contribution is 2.44. The van der Waals surface area contributed by atoms with E-state index in [1.165, 1.54) is 23.3 Å². The van der Waals surface area contributed by atoms with Gasteiger partial charge in [0, 0.05) is 31.1 Å². The van der Waals surface area contributed by atoms with E-state index in [1.54, 1.807) is 12.1 Å². The molecule has 2 amide bonds. The molecular formula is C27H28N4O5. The van der Waals surface area contributed by atoms with Crippen LogP contribution in [0, 0.1) is 10.1 Å². The van der Waals surface area contributed by atoms with Gasteiger partial charge in [0.2, 0.25) is 5.91 Å². The van der Waals surface area contributed by atoms with Gasteiger partial charge < -0.3 is 21.1 Å². The fourth-order valence-electron chi connectivity index (χ4n) is 4.37. The van der Waals surface area contributed by atoms with Crippen LogP contribution in [0.1, 0.15) is 29.0 Å². The van der Waals surface area contributed by atoms with Gasteiger partial charge in [0.1, 0.15) is 6.61 Å². The van der Waals surface area contributed by atoms with Gasteiger partial charge in [-0.15, -0.1) is 0 Å². The van der Waals surface area contributed by atoms with Crippen molar-refractivity contribution in [2.75, 3.05) is 19.7 Å². The number of alkyl carbamates (subject to hydrolysis) is 1. The zero-order chi connectivity index (χ0) is 25.5. The minimum Gasteiger partial charge on any atom is -0.449 e. The Hall–Kier alpha value is -4.24. The van der Waals surface area contributed by atoms with Crippen LogP contribution in [-0.2, 0) is 16.0 Å². The smallest absolute Gasteiger partial charge is 0.407 e. The standard InChI is InChI=1S/C27H28N4O5/c28-25(16-18-10-12-19(13-11-18)31(34)35)26(32)29-14-5-15-30-27(33)36-17-24-22-8-3-1-6-20(22)21-7-2-4-9-23(21)24/h1-4,6-13,24-25H,5,14-17,28H2,(H,29,32)(H,30,33)/t25-/m0/s1. The number of rotatable bonds is 10. The number of nitrogens with one attached hydrogen (secondary N) is 2. The van der Waals surface area contributed by atoms with Crippen molar-refractivity contribution in [3.05, 3.63) is 99.6 Å². The molecule has 0 heterocycles. The van der Waals surface area contributed by atoms with Crippen molar-refractivity contribution >= 4 is 17.7 Å². The summed E-state index contributed by atoms with van der Waals surface area (Å²) in [5, 5.41) is 16.2. The van der Waals surface area contributed by atoms with E-state index in [2.05, 4.69) is 34.9 Å². The fraction of sp³-hybridized carbons (Fsp3) is 0.259. The van der Waals surface area contributed by atoms with Gasteiger partial charge >= 0.3 is 6.09 Å². The van der Waals surface area contributed by atoms with Crippen LogP contribution in [0.15, 0.2) is 72.8 Å². The van der Waals surface area contributed by atoms with E-state index >= 15 is 0 Å². The first kappa shape index (κ1) is 24.9. The summed E-state index contributed by atoms with van der Waals surface area (Å²) in [5.74, 6) is -0.325. The van der Waals surface area contributed by atoms with Crippen LogP contribution in [-0.4, -0.2) is 42.7 Å². The molecule has 9 nitrogen and oxygen atoms in total. The summed E-state index contributed by atoms with van der Waals surface area (Å²) in [6, 6.07) is 21.5. The van der Waals surface area contributed by atoms with E-state index in [1.807, 2.05) is 24.3 Å². The van der Waals surface area contributed by atoms with Crippen molar-refractivity contribution in [1.82, 2.24) is 10.6 Å². The minimum atomic E-state index is -0.776. The number of nitrogens with two attached hydrogens (primary N) is 1. The monoisotopic (exact) mass is 488 g/mol. The molecule has 186 valence electrons. The van der Waals surface area contributed by atoms with Crippen LogP contribution < -0.4 is 16.4 Å². The lowest BCUT2D eigenvalue weighted by molar-refractivity contribution is -0.384. The Balaban J connectivity index is 1.15. The molecule has 3 aromatic carbocycles. The number of ether oxygens (including phenoxy) is 1. The first-order valence-electron chi connectivity index (χ1n) is 11.8. The number of carbonyl (C=O) groups is 2. The Morgan fingerprint density at radius 1 is 0.917 bits per heavy atom. The summed E-state index contributed by atoms with van der Waals surface area (Å²) in [4.78, 5) is 34.7. The van der Waals surface area contributed by atoms with E-state index in [0.717, 1.165) is 16.7 Å². The van der Waals surface area contributed by atoms with Gasteiger partial charge in [0.25, 0.3) is 5.69 Å². The average Bonchev–Trinajstić information content (AvgIpc) is 3.21. The molecule has 1 atom stereocenters. The number of amides is 2. The Bertz CT molecular complexity index is 1200. The number of nitro groups is 1. The minimum absolute atomic E-state index is 0.000299. The van der Waals surface area contributed by atoms with Crippen LogP contribution in [0.25, 0.3) is 11.1 Å². The second-order valence-corrected chi connectivity index (χ2v) is 8.63. The van der Waals surface area contributed by atoms with Gasteiger partial charge in [-0.3, -0.25) is 14.9 Å². The maximum Gasteiger partial charge on any atom is 0.407 e. The number of carbonyl (C=O) groups excluding carboxylic acids is 2. The van der Waals surface area contributed by atoms with Crippen molar-refractivity contribution in [3.63, 3.8) is 0 Å². The van der Waals surface area contributed by atoms with Gasteiger partial charge in [-0.25, -0.2) is 4.79 Å². The van der Waals surface area contributed by atoms with Crippen LogP contribution in [0.2, 0.25) is 0 Å². The normalized spacial score (nSPS) is 12.8. The SMILES string of the molecule is N[C@@H](Cc1ccc([N+](=O)[O-])cc1)C(=O)NCCCNC(=O)OCC1c2ccccc2-c2ccccc21. The summed E-state index contributed by atoms with van der Waals surface area (Å²) < 4.78 is 5.50. The maximum atomic E-state index is 12.2. The van der Waals surface area contributed by atoms with Crippen molar-refractivity contribution < 1.29 is 19.2 Å². The highest BCUT2D eigenvalue weighted by Gasteiger charge is 2.28. The van der Waals surface area contributed by atoms with Gasteiger partial charge in [-0.1, -0.05) is 60.7 Å². The van der Waals surface area contributed by atoms with Crippen LogP contribution in [0.3, 0.4) is 0 Å². The second kappa shape index (κ2) is 11.5. The Labute approximate surface area is 208 Å². The molecule has 0 bridgehead atoms. The first-order chi connectivity index (χ1) is 17.4. The molecule has 4 rings (SSSR count). The maximum absolute atomic E-state index is 12.2. The predicted molar refractivity (Wildman–Crippen MR) is 135 cm³/mol. The van der Waals surface area contributed by atoms with Crippen molar-refractivity contribution in [2.24, 2.45) is 5.73 Å². The van der Waals surface area contributed by atoms with Crippen molar-refractivity contribution in [1.29, 1.82) is 0 Å². The third-order valence-corrected chi connectivity index (χ3v) is 6.21. The quantitative estimate of drug-likeness (QED) is 0.227. The number of hydrogen-bond donors (Lipinski definition) is 3. The molecule has 0 aliphatic heterocycles. The van der Waals surface area contributed by atoms with Crippen LogP contribution in [0.4, 0.5) is 10.5 Å². The predicted octanol–water partition coefficient (Wildman–Crippen LogP) is 3.51. The molecule has 0 unspecified atom stereocenters. The lowest BCUT2D eigenvalue weighted by Gasteiger charge is -2.15. The number of benzene rings is 3. The Morgan fingerprint density at radius 2 is 1.50 bits per heavy atom. The molecule has 1 aliphatic carbocycles. The summed E-state index contributed by atoms with van der Waals surface area (Å²) >= 11 is 0. The number of fused-ring (bicyclic) bond motifs is 3. The molecule has 0 aromatic heterocycles.